The van der Waals surface area contributed by atoms with Crippen molar-refractivity contribution in [1.29, 1.82) is 0 Å². The number of rotatable bonds is 1. The first kappa shape index (κ1) is 11.5. The van der Waals surface area contributed by atoms with Crippen molar-refractivity contribution in [3.8, 4) is 11.1 Å². The largest absolute Gasteiger partial charge is 0.252 e. The molecular formula is C11H4F5N. The Labute approximate surface area is 92.5 Å². The monoisotopic (exact) mass is 245 g/mol. The average Bonchev–Trinajstić information content (AvgIpc) is 2.29. The summed E-state index contributed by atoms with van der Waals surface area (Å²) in [7, 11) is 0. The van der Waals surface area contributed by atoms with E-state index in [2.05, 4.69) is 4.98 Å². The zero-order valence-electron chi connectivity index (χ0n) is 8.15. The number of nitrogens with zero attached hydrogens (tertiary/aromatic N) is 1. The second kappa shape index (κ2) is 4.12. The Morgan fingerprint density at radius 2 is 1.18 bits per heavy atom. The summed E-state index contributed by atoms with van der Waals surface area (Å²) < 4.78 is 64.8. The van der Waals surface area contributed by atoms with Gasteiger partial charge < -0.3 is 0 Å². The molecule has 2 rings (SSSR count). The van der Waals surface area contributed by atoms with Crippen molar-refractivity contribution in [2.75, 3.05) is 0 Å². The molecule has 17 heavy (non-hydrogen) atoms. The Kier molecular flexibility index (Phi) is 2.79. The molecule has 0 bridgehead atoms. The average molecular weight is 245 g/mol. The van der Waals surface area contributed by atoms with Crippen molar-refractivity contribution < 1.29 is 22.0 Å². The molecule has 0 saturated carbocycles. The molecule has 0 unspecified atom stereocenters. The molecule has 0 saturated heterocycles. The first-order valence-corrected chi connectivity index (χ1v) is 4.46. The van der Waals surface area contributed by atoms with Gasteiger partial charge >= 0.3 is 0 Å². The van der Waals surface area contributed by atoms with E-state index in [9.17, 15) is 22.0 Å². The van der Waals surface area contributed by atoms with Gasteiger partial charge in [-0.2, -0.15) is 13.8 Å². The minimum atomic E-state index is -1.75. The molecule has 88 valence electrons. The summed E-state index contributed by atoms with van der Waals surface area (Å²) in [6, 6.07) is 3.86. The van der Waals surface area contributed by atoms with E-state index in [0.717, 1.165) is 24.3 Å². The van der Waals surface area contributed by atoms with Crippen LogP contribution in [0.5, 0.6) is 0 Å². The fourth-order valence-corrected chi connectivity index (χ4v) is 1.36. The minimum absolute atomic E-state index is 0.179. The summed E-state index contributed by atoms with van der Waals surface area (Å²) >= 11 is 0. The number of halogens is 5. The molecule has 0 aliphatic carbocycles. The summed E-state index contributed by atoms with van der Waals surface area (Å²) in [5, 5.41) is 0. The normalized spacial score (nSPS) is 10.6. The Balaban J connectivity index is 2.70. The molecule has 0 amide bonds. The Bertz CT molecular complexity index is 539. The topological polar surface area (TPSA) is 12.9 Å². The van der Waals surface area contributed by atoms with Gasteiger partial charge in [0.15, 0.2) is 11.6 Å². The van der Waals surface area contributed by atoms with Crippen LogP contribution in [0.25, 0.3) is 11.1 Å². The van der Waals surface area contributed by atoms with Gasteiger partial charge in [-0.1, -0.05) is 12.1 Å². The van der Waals surface area contributed by atoms with Crippen molar-refractivity contribution in [1.82, 2.24) is 4.98 Å². The Hall–Kier alpha value is -1.98. The van der Waals surface area contributed by atoms with Crippen LogP contribution in [0.1, 0.15) is 0 Å². The van der Waals surface area contributed by atoms with Crippen LogP contribution in [0.3, 0.4) is 0 Å². The zero-order valence-corrected chi connectivity index (χ0v) is 8.15. The number of hydrogen-bond acceptors (Lipinski definition) is 1. The van der Waals surface area contributed by atoms with E-state index in [-0.39, 0.29) is 5.56 Å². The van der Waals surface area contributed by atoms with Gasteiger partial charge in [-0.15, -0.1) is 0 Å². The van der Waals surface area contributed by atoms with Gasteiger partial charge in [0.05, 0.1) is 5.56 Å². The molecular weight excluding hydrogens is 241 g/mol. The van der Waals surface area contributed by atoms with Crippen molar-refractivity contribution >= 4 is 0 Å². The summed E-state index contributed by atoms with van der Waals surface area (Å²) in [5.74, 6) is -7.36. The van der Waals surface area contributed by atoms with Gasteiger partial charge in [0.25, 0.3) is 11.9 Å². The second-order valence-corrected chi connectivity index (χ2v) is 3.20. The van der Waals surface area contributed by atoms with Crippen LogP contribution in [0.2, 0.25) is 0 Å². The predicted molar refractivity (Wildman–Crippen MR) is 49.5 cm³/mol. The summed E-state index contributed by atoms with van der Waals surface area (Å²) in [5.41, 5.74) is -1.09. The van der Waals surface area contributed by atoms with Crippen LogP contribution >= 0.6 is 0 Å². The first-order chi connectivity index (χ1) is 8.00. The number of benzene rings is 1. The number of hydrogen-bond donors (Lipinski definition) is 0. The van der Waals surface area contributed by atoms with Gasteiger partial charge in [-0.25, -0.2) is 13.2 Å². The maximum atomic E-state index is 13.3. The third kappa shape index (κ3) is 1.98. The standard InChI is InChI=1S/C11H4F5N/c12-6-3-1-5(2-4-6)7-8(13)10(15)17-11(16)9(7)14/h1-4H. The molecule has 1 nitrogen and oxygen atoms in total. The van der Waals surface area contributed by atoms with E-state index in [4.69, 9.17) is 0 Å². The summed E-state index contributed by atoms with van der Waals surface area (Å²) in [6.07, 6.45) is 0. The summed E-state index contributed by atoms with van der Waals surface area (Å²) in [4.78, 5) is 2.42. The molecule has 0 spiro atoms. The van der Waals surface area contributed by atoms with Crippen LogP contribution in [0, 0.1) is 29.3 Å². The van der Waals surface area contributed by atoms with Crippen molar-refractivity contribution in [2.24, 2.45) is 0 Å². The van der Waals surface area contributed by atoms with Crippen LogP contribution in [0.4, 0.5) is 22.0 Å². The molecule has 2 aromatic rings. The fraction of sp³-hybridized carbons (Fsp3) is 0. The van der Waals surface area contributed by atoms with Crippen LogP contribution < -0.4 is 0 Å². The van der Waals surface area contributed by atoms with E-state index in [0.29, 0.717) is 0 Å². The minimum Gasteiger partial charge on any atom is -0.207 e. The zero-order chi connectivity index (χ0) is 12.6. The number of aromatic nitrogens is 1. The molecule has 0 aliphatic heterocycles. The van der Waals surface area contributed by atoms with Crippen LogP contribution in [-0.2, 0) is 0 Å². The molecule has 0 radical (unpaired) electrons. The lowest BCUT2D eigenvalue weighted by atomic mass is 10.1. The highest BCUT2D eigenvalue weighted by atomic mass is 19.2. The highest BCUT2D eigenvalue weighted by Gasteiger charge is 2.21. The van der Waals surface area contributed by atoms with Crippen LogP contribution in [-0.4, -0.2) is 4.98 Å². The molecule has 1 aromatic carbocycles. The van der Waals surface area contributed by atoms with E-state index in [1.54, 1.807) is 0 Å². The lowest BCUT2D eigenvalue weighted by Gasteiger charge is -2.06. The molecule has 6 heteroatoms. The molecule has 1 heterocycles. The molecule has 1 aromatic heterocycles. The first-order valence-electron chi connectivity index (χ1n) is 4.46. The quantitative estimate of drug-likeness (QED) is 0.554. The number of pyridine rings is 1. The highest BCUT2D eigenvalue weighted by molar-refractivity contribution is 5.64. The van der Waals surface area contributed by atoms with E-state index >= 15 is 0 Å². The van der Waals surface area contributed by atoms with Gasteiger partial charge in [-0.05, 0) is 17.7 Å². The Morgan fingerprint density at radius 1 is 0.706 bits per heavy atom. The molecule has 0 N–H and O–H groups in total. The van der Waals surface area contributed by atoms with Gasteiger partial charge in [0, 0.05) is 0 Å². The smallest absolute Gasteiger partial charge is 0.207 e. The fourth-order valence-electron chi connectivity index (χ4n) is 1.36. The predicted octanol–water partition coefficient (Wildman–Crippen LogP) is 3.44. The lowest BCUT2D eigenvalue weighted by Crippen LogP contribution is -2.02. The third-order valence-corrected chi connectivity index (χ3v) is 2.13. The van der Waals surface area contributed by atoms with Gasteiger partial charge in [0.1, 0.15) is 5.82 Å². The molecule has 0 atom stereocenters. The Morgan fingerprint density at radius 3 is 1.65 bits per heavy atom. The summed E-state index contributed by atoms with van der Waals surface area (Å²) in [6.45, 7) is 0. The molecule has 0 aliphatic rings. The highest BCUT2D eigenvalue weighted by Crippen LogP contribution is 2.28. The third-order valence-electron chi connectivity index (χ3n) is 2.13. The van der Waals surface area contributed by atoms with Gasteiger partial charge in [0.2, 0.25) is 0 Å². The van der Waals surface area contributed by atoms with Crippen LogP contribution in [0.15, 0.2) is 24.3 Å². The van der Waals surface area contributed by atoms with Gasteiger partial charge in [-0.3, -0.25) is 0 Å². The molecule has 0 fully saturated rings. The second-order valence-electron chi connectivity index (χ2n) is 3.20. The van der Waals surface area contributed by atoms with Crippen molar-refractivity contribution in [2.45, 2.75) is 0 Å². The van der Waals surface area contributed by atoms with E-state index in [1.165, 1.54) is 0 Å². The van der Waals surface area contributed by atoms with E-state index < -0.39 is 34.9 Å². The lowest BCUT2D eigenvalue weighted by molar-refractivity contribution is 0.410. The van der Waals surface area contributed by atoms with Crippen molar-refractivity contribution in [3.05, 3.63) is 53.6 Å². The maximum absolute atomic E-state index is 13.3. The van der Waals surface area contributed by atoms with E-state index in [1.807, 2.05) is 0 Å². The van der Waals surface area contributed by atoms with Crippen molar-refractivity contribution in [3.63, 3.8) is 0 Å². The maximum Gasteiger partial charge on any atom is 0.252 e. The SMILES string of the molecule is Fc1ccc(-c2c(F)c(F)nc(F)c2F)cc1.